The highest BCUT2D eigenvalue weighted by Gasteiger charge is 2.39. The molecule has 2 aromatic carbocycles. The Morgan fingerprint density at radius 2 is 1.81 bits per heavy atom. The zero-order valence-electron chi connectivity index (χ0n) is 18.4. The summed E-state index contributed by atoms with van der Waals surface area (Å²) in [6.07, 6.45) is 4.48. The SMILES string of the molecule is CC(=O)c1ccc(C(=O)NC[C@@H]2C[C@@H]3c4cccc5c4c(cn5C)C[C@H]3N(C)C2)cc1. The molecule has 0 spiro atoms. The summed E-state index contributed by atoms with van der Waals surface area (Å²) in [5, 5.41) is 4.57. The summed E-state index contributed by atoms with van der Waals surface area (Å²) < 4.78 is 2.25. The molecule has 1 aliphatic carbocycles. The van der Waals surface area contributed by atoms with Gasteiger partial charge in [-0.25, -0.2) is 0 Å². The third-order valence-electron chi connectivity index (χ3n) is 7.22. The monoisotopic (exact) mass is 415 g/mol. The minimum Gasteiger partial charge on any atom is -0.352 e. The Hall–Kier alpha value is -2.92. The Balaban J connectivity index is 1.31. The maximum atomic E-state index is 12.6. The van der Waals surface area contributed by atoms with E-state index in [-0.39, 0.29) is 11.7 Å². The summed E-state index contributed by atoms with van der Waals surface area (Å²) in [5.41, 5.74) is 5.47. The van der Waals surface area contributed by atoms with Gasteiger partial charge in [0, 0.05) is 60.3 Å². The average Bonchev–Trinajstić information content (AvgIpc) is 3.09. The van der Waals surface area contributed by atoms with Crippen LogP contribution < -0.4 is 5.32 Å². The molecule has 0 bridgehead atoms. The number of rotatable bonds is 4. The van der Waals surface area contributed by atoms with E-state index in [1.165, 1.54) is 29.0 Å². The van der Waals surface area contributed by atoms with Crippen LogP contribution in [-0.2, 0) is 13.5 Å². The highest BCUT2D eigenvalue weighted by atomic mass is 16.1. The van der Waals surface area contributed by atoms with Gasteiger partial charge in [0.15, 0.2) is 5.78 Å². The van der Waals surface area contributed by atoms with Gasteiger partial charge in [-0.3, -0.25) is 9.59 Å². The number of amides is 1. The van der Waals surface area contributed by atoms with E-state index in [2.05, 4.69) is 53.3 Å². The van der Waals surface area contributed by atoms with E-state index in [0.29, 0.717) is 35.5 Å². The molecule has 5 nitrogen and oxygen atoms in total. The second-order valence-electron chi connectivity index (χ2n) is 9.27. The standard InChI is InChI=1S/C26H29N3O2/c1-16(30)18-7-9-19(10-8-18)26(31)27-13-17-11-22-21-5-4-6-23-25(21)20(15-29(23)3)12-24(22)28(2)14-17/h4-10,15,17,22,24H,11-14H2,1-3H3,(H,27,31)/t17-,22+,24+/m0/s1. The summed E-state index contributed by atoms with van der Waals surface area (Å²) in [5.74, 6) is 0.841. The van der Waals surface area contributed by atoms with Crippen LogP contribution in [0.15, 0.2) is 48.7 Å². The molecule has 1 fully saturated rings. The van der Waals surface area contributed by atoms with Gasteiger partial charge in [0.05, 0.1) is 0 Å². The average molecular weight is 416 g/mol. The number of hydrogen-bond donors (Lipinski definition) is 1. The van der Waals surface area contributed by atoms with E-state index in [1.54, 1.807) is 24.3 Å². The van der Waals surface area contributed by atoms with Crippen molar-refractivity contribution in [2.75, 3.05) is 20.1 Å². The zero-order valence-corrected chi connectivity index (χ0v) is 18.4. The van der Waals surface area contributed by atoms with Crippen LogP contribution in [0.2, 0.25) is 0 Å². The topological polar surface area (TPSA) is 54.3 Å². The number of carbonyl (C=O) groups is 2. The predicted molar refractivity (Wildman–Crippen MR) is 123 cm³/mol. The number of fused-ring (bicyclic) bond motifs is 2. The Labute approximate surface area is 183 Å². The predicted octanol–water partition coefficient (Wildman–Crippen LogP) is 3.77. The number of piperidine rings is 1. The molecule has 5 heteroatoms. The summed E-state index contributed by atoms with van der Waals surface area (Å²) in [6.45, 7) is 3.19. The molecule has 1 amide bonds. The van der Waals surface area contributed by atoms with Crippen molar-refractivity contribution in [1.29, 1.82) is 0 Å². The van der Waals surface area contributed by atoms with Crippen LogP contribution in [0.3, 0.4) is 0 Å². The number of benzene rings is 2. The molecule has 2 aliphatic rings. The van der Waals surface area contributed by atoms with Crippen molar-refractivity contribution in [3.63, 3.8) is 0 Å². The molecule has 31 heavy (non-hydrogen) atoms. The van der Waals surface area contributed by atoms with Gasteiger partial charge < -0.3 is 14.8 Å². The number of carbonyl (C=O) groups excluding carboxylic acids is 2. The summed E-state index contributed by atoms with van der Waals surface area (Å²) >= 11 is 0. The van der Waals surface area contributed by atoms with Gasteiger partial charge in [-0.1, -0.05) is 24.3 Å². The van der Waals surface area contributed by atoms with E-state index in [4.69, 9.17) is 0 Å². The lowest BCUT2D eigenvalue weighted by molar-refractivity contribution is 0.0890. The van der Waals surface area contributed by atoms with Gasteiger partial charge >= 0.3 is 0 Å². The quantitative estimate of drug-likeness (QED) is 0.660. The third-order valence-corrected chi connectivity index (χ3v) is 7.22. The van der Waals surface area contributed by atoms with Crippen LogP contribution >= 0.6 is 0 Å². The van der Waals surface area contributed by atoms with Crippen molar-refractivity contribution < 1.29 is 9.59 Å². The first-order chi connectivity index (χ1) is 14.9. The lowest BCUT2D eigenvalue weighted by Crippen LogP contribution is -2.50. The van der Waals surface area contributed by atoms with Gasteiger partial charge in [0.2, 0.25) is 0 Å². The molecule has 3 atom stereocenters. The molecule has 0 unspecified atom stereocenters. The van der Waals surface area contributed by atoms with Gasteiger partial charge in [-0.05, 0) is 62.1 Å². The first-order valence-corrected chi connectivity index (χ1v) is 11.1. The summed E-state index contributed by atoms with van der Waals surface area (Å²) in [7, 11) is 4.36. The number of aromatic nitrogens is 1. The summed E-state index contributed by atoms with van der Waals surface area (Å²) in [4.78, 5) is 26.6. The Kier molecular flexibility index (Phi) is 4.94. The molecule has 1 N–H and O–H groups in total. The fourth-order valence-corrected chi connectivity index (χ4v) is 5.67. The first kappa shape index (κ1) is 20.0. The van der Waals surface area contributed by atoms with Crippen LogP contribution in [0.25, 0.3) is 10.9 Å². The normalized spacial score (nSPS) is 22.9. The van der Waals surface area contributed by atoms with E-state index >= 15 is 0 Å². The maximum Gasteiger partial charge on any atom is 0.251 e. The number of nitrogens with one attached hydrogen (secondary N) is 1. The lowest BCUT2D eigenvalue weighted by Gasteiger charge is -2.45. The van der Waals surface area contributed by atoms with E-state index in [9.17, 15) is 9.59 Å². The highest BCUT2D eigenvalue weighted by molar-refractivity contribution is 5.97. The van der Waals surface area contributed by atoms with Crippen LogP contribution in [0.4, 0.5) is 0 Å². The van der Waals surface area contributed by atoms with Gasteiger partial charge in [0.1, 0.15) is 0 Å². The molecule has 2 heterocycles. The fraction of sp³-hybridized carbons (Fsp3) is 0.385. The largest absolute Gasteiger partial charge is 0.352 e. The van der Waals surface area contributed by atoms with Gasteiger partial charge in [-0.2, -0.15) is 0 Å². The minimum atomic E-state index is -0.0732. The van der Waals surface area contributed by atoms with Crippen LogP contribution in [0.1, 0.15) is 51.1 Å². The number of likely N-dealkylation sites (tertiary alicyclic amines) is 1. The molecule has 1 saturated heterocycles. The third kappa shape index (κ3) is 3.47. The molecular weight excluding hydrogens is 386 g/mol. The Bertz CT molecular complexity index is 1160. The number of aryl methyl sites for hydroxylation is 1. The molecule has 1 aliphatic heterocycles. The number of ketones is 1. The second-order valence-corrected chi connectivity index (χ2v) is 9.27. The van der Waals surface area contributed by atoms with Crippen molar-refractivity contribution >= 4 is 22.6 Å². The van der Waals surface area contributed by atoms with Crippen LogP contribution in [0.5, 0.6) is 0 Å². The zero-order chi connectivity index (χ0) is 21.7. The van der Waals surface area contributed by atoms with Gasteiger partial charge in [0.25, 0.3) is 5.91 Å². The van der Waals surface area contributed by atoms with E-state index < -0.39 is 0 Å². The van der Waals surface area contributed by atoms with Crippen LogP contribution in [-0.4, -0.2) is 47.3 Å². The number of likely N-dealkylation sites (N-methyl/N-ethyl adjacent to an activating group) is 1. The molecule has 0 radical (unpaired) electrons. The molecule has 160 valence electrons. The second kappa shape index (κ2) is 7.65. The van der Waals surface area contributed by atoms with Gasteiger partial charge in [-0.15, -0.1) is 0 Å². The smallest absolute Gasteiger partial charge is 0.251 e. The molecule has 3 aromatic rings. The van der Waals surface area contributed by atoms with Crippen LogP contribution in [0, 0.1) is 5.92 Å². The number of nitrogens with zero attached hydrogens (tertiary/aromatic N) is 2. The maximum absolute atomic E-state index is 12.6. The molecule has 0 saturated carbocycles. The van der Waals surface area contributed by atoms with Crippen molar-refractivity contribution in [2.45, 2.75) is 31.7 Å². The van der Waals surface area contributed by atoms with Crippen molar-refractivity contribution in [2.24, 2.45) is 13.0 Å². The van der Waals surface area contributed by atoms with Crippen molar-refractivity contribution in [3.05, 3.63) is 70.9 Å². The highest BCUT2D eigenvalue weighted by Crippen LogP contribution is 2.44. The summed E-state index contributed by atoms with van der Waals surface area (Å²) in [6, 6.07) is 14.1. The van der Waals surface area contributed by atoms with Crippen molar-refractivity contribution in [1.82, 2.24) is 14.8 Å². The molecule has 1 aromatic heterocycles. The molecule has 5 rings (SSSR count). The first-order valence-electron chi connectivity index (χ1n) is 11.1. The van der Waals surface area contributed by atoms with E-state index in [0.717, 1.165) is 19.4 Å². The number of hydrogen-bond acceptors (Lipinski definition) is 3. The van der Waals surface area contributed by atoms with Crippen molar-refractivity contribution in [3.8, 4) is 0 Å². The Morgan fingerprint density at radius 3 is 2.55 bits per heavy atom. The minimum absolute atomic E-state index is 0.0100. The van der Waals surface area contributed by atoms with E-state index in [1.807, 2.05) is 0 Å². The Morgan fingerprint density at radius 1 is 1.06 bits per heavy atom. The lowest BCUT2D eigenvalue weighted by atomic mass is 9.72. The fourth-order valence-electron chi connectivity index (χ4n) is 5.67. The molecular formula is C26H29N3O2. The number of Topliss-reactive ketones (excluding diaryl/α,β-unsaturated/α-hetero) is 1.